The minimum Gasteiger partial charge on any atom is -0.305 e. The molecule has 4 heteroatoms. The highest BCUT2D eigenvalue weighted by molar-refractivity contribution is 5.38. The van der Waals surface area contributed by atoms with E-state index in [-0.39, 0.29) is 11.9 Å². The smallest absolute Gasteiger partial charge is 0.128 e. The van der Waals surface area contributed by atoms with Crippen molar-refractivity contribution < 1.29 is 4.39 Å². The number of hydrogen-bond donors (Lipinski definition) is 1. The zero-order valence-electron chi connectivity index (χ0n) is 12.6. The zero-order chi connectivity index (χ0) is 14.7. The van der Waals surface area contributed by atoms with E-state index in [0.29, 0.717) is 5.56 Å². The van der Waals surface area contributed by atoms with Crippen LogP contribution in [0.3, 0.4) is 0 Å². The zero-order valence-corrected chi connectivity index (χ0v) is 12.6. The lowest BCUT2D eigenvalue weighted by Gasteiger charge is -2.22. The highest BCUT2D eigenvalue weighted by atomic mass is 19.1. The van der Waals surface area contributed by atoms with Gasteiger partial charge in [-0.25, -0.2) is 4.39 Å². The normalized spacial score (nSPS) is 12.7. The van der Waals surface area contributed by atoms with Gasteiger partial charge in [-0.15, -0.1) is 0 Å². The Kier molecular flexibility index (Phi) is 4.55. The summed E-state index contributed by atoms with van der Waals surface area (Å²) < 4.78 is 16.2. The number of halogens is 1. The van der Waals surface area contributed by atoms with Crippen LogP contribution in [-0.2, 0) is 7.05 Å². The van der Waals surface area contributed by atoms with Crippen molar-refractivity contribution in [2.75, 3.05) is 6.54 Å². The molecule has 108 valence electrons. The number of hydrogen-bond acceptors (Lipinski definition) is 2. The topological polar surface area (TPSA) is 29.9 Å². The minimum atomic E-state index is -0.164. The summed E-state index contributed by atoms with van der Waals surface area (Å²) in [6, 6.07) is 5.39. The van der Waals surface area contributed by atoms with Gasteiger partial charge in [-0.2, -0.15) is 5.10 Å². The summed E-state index contributed by atoms with van der Waals surface area (Å²) in [5.41, 5.74) is 3.61. The lowest BCUT2D eigenvalue weighted by atomic mass is 9.96. The van der Waals surface area contributed by atoms with E-state index in [9.17, 15) is 4.39 Å². The van der Waals surface area contributed by atoms with Gasteiger partial charge in [0, 0.05) is 18.8 Å². The van der Waals surface area contributed by atoms with Crippen LogP contribution in [0.4, 0.5) is 4.39 Å². The third kappa shape index (κ3) is 2.90. The number of nitrogens with zero attached hydrogens (tertiary/aromatic N) is 2. The molecule has 0 amide bonds. The van der Waals surface area contributed by atoms with Crippen LogP contribution in [0.25, 0.3) is 0 Å². The van der Waals surface area contributed by atoms with Gasteiger partial charge in [-0.1, -0.05) is 13.0 Å². The predicted octanol–water partition coefficient (Wildman–Crippen LogP) is 3.27. The summed E-state index contributed by atoms with van der Waals surface area (Å²) in [5, 5.41) is 7.63. The average Bonchev–Trinajstić information content (AvgIpc) is 2.78. The SMILES string of the molecule is CCCNC(c1c(C)cc(C)cc1F)c1ccnn1C. The van der Waals surface area contributed by atoms with Crippen molar-refractivity contribution in [3.63, 3.8) is 0 Å². The number of aromatic nitrogens is 2. The Morgan fingerprint density at radius 2 is 2.10 bits per heavy atom. The summed E-state index contributed by atoms with van der Waals surface area (Å²) in [6.07, 6.45) is 2.75. The second-order valence-electron chi connectivity index (χ2n) is 5.24. The quantitative estimate of drug-likeness (QED) is 0.907. The van der Waals surface area contributed by atoms with E-state index >= 15 is 0 Å². The molecule has 20 heavy (non-hydrogen) atoms. The van der Waals surface area contributed by atoms with Crippen molar-refractivity contribution in [2.24, 2.45) is 7.05 Å². The number of aryl methyl sites for hydroxylation is 3. The fourth-order valence-electron chi connectivity index (χ4n) is 2.60. The summed E-state index contributed by atoms with van der Waals surface area (Å²) in [7, 11) is 1.89. The summed E-state index contributed by atoms with van der Waals surface area (Å²) in [4.78, 5) is 0. The molecule has 2 aromatic rings. The Labute approximate surface area is 119 Å². The first-order chi connectivity index (χ1) is 9.54. The van der Waals surface area contributed by atoms with Gasteiger partial charge in [0.15, 0.2) is 0 Å². The van der Waals surface area contributed by atoms with Gasteiger partial charge >= 0.3 is 0 Å². The summed E-state index contributed by atoms with van der Waals surface area (Å²) in [5.74, 6) is -0.155. The maximum Gasteiger partial charge on any atom is 0.128 e. The molecule has 1 atom stereocenters. The second-order valence-corrected chi connectivity index (χ2v) is 5.24. The molecule has 3 nitrogen and oxygen atoms in total. The fourth-order valence-corrected chi connectivity index (χ4v) is 2.60. The predicted molar refractivity (Wildman–Crippen MR) is 79.2 cm³/mol. The molecule has 0 saturated carbocycles. The van der Waals surface area contributed by atoms with Gasteiger partial charge in [-0.05, 0) is 50.1 Å². The van der Waals surface area contributed by atoms with Crippen LogP contribution >= 0.6 is 0 Å². The number of rotatable bonds is 5. The first-order valence-corrected chi connectivity index (χ1v) is 7.02. The van der Waals surface area contributed by atoms with Gasteiger partial charge in [0.1, 0.15) is 5.82 Å². The van der Waals surface area contributed by atoms with Gasteiger partial charge in [-0.3, -0.25) is 4.68 Å². The molecule has 0 radical (unpaired) electrons. The molecule has 1 N–H and O–H groups in total. The van der Waals surface area contributed by atoms with Crippen molar-refractivity contribution in [2.45, 2.75) is 33.2 Å². The number of nitrogens with one attached hydrogen (secondary N) is 1. The van der Waals surface area contributed by atoms with Crippen LogP contribution in [0.5, 0.6) is 0 Å². The molecule has 0 fully saturated rings. The molecule has 1 unspecified atom stereocenters. The molecule has 0 aliphatic carbocycles. The van der Waals surface area contributed by atoms with Crippen LogP contribution < -0.4 is 5.32 Å². The van der Waals surface area contributed by atoms with Crippen LogP contribution in [0, 0.1) is 19.7 Å². The molecule has 0 spiro atoms. The van der Waals surface area contributed by atoms with Gasteiger partial charge in [0.05, 0.1) is 11.7 Å². The van der Waals surface area contributed by atoms with Crippen LogP contribution in [-0.4, -0.2) is 16.3 Å². The second kappa shape index (κ2) is 6.18. The van der Waals surface area contributed by atoms with Crippen molar-refractivity contribution >= 4 is 0 Å². The van der Waals surface area contributed by atoms with Crippen molar-refractivity contribution in [1.82, 2.24) is 15.1 Å². The summed E-state index contributed by atoms with van der Waals surface area (Å²) in [6.45, 7) is 6.81. The third-order valence-corrected chi connectivity index (χ3v) is 3.52. The highest BCUT2D eigenvalue weighted by Gasteiger charge is 2.22. The Morgan fingerprint density at radius 3 is 2.65 bits per heavy atom. The highest BCUT2D eigenvalue weighted by Crippen LogP contribution is 2.28. The Bertz CT molecular complexity index is 566. The Morgan fingerprint density at radius 1 is 1.35 bits per heavy atom. The molecule has 0 aliphatic rings. The van der Waals surface area contributed by atoms with E-state index in [2.05, 4.69) is 17.3 Å². The van der Waals surface area contributed by atoms with E-state index in [1.165, 1.54) is 0 Å². The van der Waals surface area contributed by atoms with Crippen LogP contribution in [0.2, 0.25) is 0 Å². The maximum atomic E-state index is 14.4. The molecular formula is C16H22FN3. The van der Waals surface area contributed by atoms with Crippen LogP contribution in [0.15, 0.2) is 24.4 Å². The first kappa shape index (κ1) is 14.7. The largest absolute Gasteiger partial charge is 0.305 e. The van der Waals surface area contributed by atoms with E-state index in [1.807, 2.05) is 33.0 Å². The average molecular weight is 275 g/mol. The van der Waals surface area contributed by atoms with E-state index in [1.54, 1.807) is 16.9 Å². The molecule has 1 aromatic heterocycles. The molecule has 0 bridgehead atoms. The van der Waals surface area contributed by atoms with E-state index in [4.69, 9.17) is 0 Å². The van der Waals surface area contributed by atoms with Crippen molar-refractivity contribution in [1.29, 1.82) is 0 Å². The number of benzene rings is 1. The molecule has 1 heterocycles. The van der Waals surface area contributed by atoms with Gasteiger partial charge in [0.25, 0.3) is 0 Å². The Hall–Kier alpha value is -1.68. The summed E-state index contributed by atoms with van der Waals surface area (Å²) >= 11 is 0. The van der Waals surface area contributed by atoms with E-state index in [0.717, 1.165) is 29.8 Å². The maximum absolute atomic E-state index is 14.4. The molecule has 2 rings (SSSR count). The first-order valence-electron chi connectivity index (χ1n) is 7.02. The lowest BCUT2D eigenvalue weighted by molar-refractivity contribution is 0.517. The molecule has 1 aromatic carbocycles. The van der Waals surface area contributed by atoms with Crippen LogP contribution in [0.1, 0.15) is 41.8 Å². The molecular weight excluding hydrogens is 253 g/mol. The molecule has 0 saturated heterocycles. The fraction of sp³-hybridized carbons (Fsp3) is 0.438. The van der Waals surface area contributed by atoms with Crippen molar-refractivity contribution in [3.8, 4) is 0 Å². The standard InChI is InChI=1S/C16H22FN3/c1-5-7-18-16(14-6-8-19-20(14)4)15-12(3)9-11(2)10-13(15)17/h6,8-10,16,18H,5,7H2,1-4H3. The monoisotopic (exact) mass is 275 g/mol. The molecule has 0 aliphatic heterocycles. The van der Waals surface area contributed by atoms with E-state index < -0.39 is 0 Å². The third-order valence-electron chi connectivity index (χ3n) is 3.52. The lowest BCUT2D eigenvalue weighted by Crippen LogP contribution is -2.27. The Balaban J connectivity index is 2.50. The van der Waals surface area contributed by atoms with Gasteiger partial charge in [0.2, 0.25) is 0 Å². The minimum absolute atomic E-state index is 0.155. The van der Waals surface area contributed by atoms with Gasteiger partial charge < -0.3 is 5.32 Å². The van der Waals surface area contributed by atoms with Crippen molar-refractivity contribution in [3.05, 3.63) is 52.6 Å².